The van der Waals surface area contributed by atoms with E-state index in [0.29, 0.717) is 12.8 Å². The fraction of sp³-hybridized carbons (Fsp3) is 0.545. The summed E-state index contributed by atoms with van der Waals surface area (Å²) in [7, 11) is 0. The van der Waals surface area contributed by atoms with Gasteiger partial charge in [-0.15, -0.1) is 11.3 Å². The summed E-state index contributed by atoms with van der Waals surface area (Å²) in [6, 6.07) is 0. The summed E-state index contributed by atoms with van der Waals surface area (Å²) >= 11 is 1.53. The van der Waals surface area contributed by atoms with Gasteiger partial charge in [0.2, 0.25) is 11.8 Å². The monoisotopic (exact) mass is 251 g/mol. The van der Waals surface area contributed by atoms with Gasteiger partial charge >= 0.3 is 0 Å². The first-order chi connectivity index (χ1) is 8.09. The average Bonchev–Trinajstić information content (AvgIpc) is 3.19. The van der Waals surface area contributed by atoms with Crippen LogP contribution in [-0.4, -0.2) is 16.8 Å². The molecule has 17 heavy (non-hydrogen) atoms. The van der Waals surface area contributed by atoms with E-state index in [-0.39, 0.29) is 11.4 Å². The fourth-order valence-electron chi connectivity index (χ4n) is 2.02. The van der Waals surface area contributed by atoms with Crippen LogP contribution in [0, 0.1) is 5.41 Å². The molecular formula is C11H13N3O2S. The summed E-state index contributed by atoms with van der Waals surface area (Å²) in [5.41, 5.74) is 4.02. The largest absolute Gasteiger partial charge is 0.369 e. The molecule has 0 radical (unpaired) electrons. The third-order valence-electron chi connectivity index (χ3n) is 3.60. The molecule has 0 unspecified atom stereocenters. The van der Waals surface area contributed by atoms with Gasteiger partial charge in [0, 0.05) is 11.6 Å². The van der Waals surface area contributed by atoms with Crippen LogP contribution in [0.4, 0.5) is 0 Å². The van der Waals surface area contributed by atoms with Gasteiger partial charge in [-0.25, -0.2) is 4.98 Å². The Labute approximate surface area is 102 Å². The Kier molecular flexibility index (Phi) is 2.07. The number of rotatable bonds is 4. The molecule has 0 aliphatic heterocycles. The Bertz CT molecular complexity index is 475. The van der Waals surface area contributed by atoms with Crippen LogP contribution >= 0.6 is 11.3 Å². The van der Waals surface area contributed by atoms with E-state index in [1.54, 1.807) is 6.20 Å². The number of nitrogens with one attached hydrogen (secondary N) is 1. The Morgan fingerprint density at radius 2 is 2.06 bits per heavy atom. The van der Waals surface area contributed by atoms with Crippen molar-refractivity contribution < 1.29 is 9.59 Å². The van der Waals surface area contributed by atoms with Gasteiger partial charge in [-0.3, -0.25) is 9.59 Å². The van der Waals surface area contributed by atoms with Crippen LogP contribution < -0.4 is 11.1 Å². The molecule has 5 nitrogen and oxygen atoms in total. The summed E-state index contributed by atoms with van der Waals surface area (Å²) in [6.07, 6.45) is 4.65. The highest BCUT2D eigenvalue weighted by atomic mass is 32.1. The van der Waals surface area contributed by atoms with Crippen molar-refractivity contribution in [3.63, 3.8) is 0 Å². The predicted molar refractivity (Wildman–Crippen MR) is 62.0 cm³/mol. The van der Waals surface area contributed by atoms with E-state index in [0.717, 1.165) is 17.8 Å². The van der Waals surface area contributed by atoms with Crippen molar-refractivity contribution in [2.45, 2.75) is 31.2 Å². The van der Waals surface area contributed by atoms with Crippen LogP contribution in [0.25, 0.3) is 0 Å². The van der Waals surface area contributed by atoms with Gasteiger partial charge in [-0.05, 0) is 25.7 Å². The third kappa shape index (κ3) is 1.55. The Morgan fingerprint density at radius 1 is 1.35 bits per heavy atom. The van der Waals surface area contributed by atoms with Crippen LogP contribution in [0.2, 0.25) is 0 Å². The maximum Gasteiger partial charge on any atom is 0.236 e. The lowest BCUT2D eigenvalue weighted by Crippen LogP contribution is -2.45. The number of hydrogen-bond donors (Lipinski definition) is 2. The number of thiazole rings is 1. The molecule has 0 bridgehead atoms. The van der Waals surface area contributed by atoms with Crippen LogP contribution in [0.15, 0.2) is 11.6 Å². The summed E-state index contributed by atoms with van der Waals surface area (Å²) in [5.74, 6) is -0.734. The Hall–Kier alpha value is -1.43. The summed E-state index contributed by atoms with van der Waals surface area (Å²) in [6.45, 7) is 0. The van der Waals surface area contributed by atoms with E-state index in [9.17, 15) is 9.59 Å². The minimum absolute atomic E-state index is 0.224. The van der Waals surface area contributed by atoms with E-state index in [1.165, 1.54) is 11.3 Å². The van der Waals surface area contributed by atoms with Gasteiger partial charge in [-0.2, -0.15) is 0 Å². The molecule has 6 heteroatoms. The second-order valence-corrected chi connectivity index (χ2v) is 5.71. The van der Waals surface area contributed by atoms with Crippen LogP contribution in [0.1, 0.15) is 30.7 Å². The molecule has 1 aromatic rings. The van der Waals surface area contributed by atoms with E-state index in [4.69, 9.17) is 5.73 Å². The van der Waals surface area contributed by atoms with Gasteiger partial charge < -0.3 is 11.1 Å². The molecule has 0 aromatic carbocycles. The number of aromatic nitrogens is 1. The van der Waals surface area contributed by atoms with Crippen LogP contribution in [0.3, 0.4) is 0 Å². The number of nitrogens with zero attached hydrogens (tertiary/aromatic N) is 1. The quantitative estimate of drug-likeness (QED) is 0.765. The molecule has 0 saturated heterocycles. The highest BCUT2D eigenvalue weighted by Gasteiger charge is 2.59. The number of carbonyl (C=O) groups excluding carboxylic acids is 2. The molecular weight excluding hydrogens is 238 g/mol. The lowest BCUT2D eigenvalue weighted by atomic mass is 10.0. The number of amides is 2. The molecule has 2 fully saturated rings. The van der Waals surface area contributed by atoms with Crippen molar-refractivity contribution in [2.75, 3.05) is 0 Å². The molecule has 2 amide bonds. The summed E-state index contributed by atoms with van der Waals surface area (Å²) < 4.78 is 0. The van der Waals surface area contributed by atoms with Crippen molar-refractivity contribution in [2.24, 2.45) is 11.1 Å². The van der Waals surface area contributed by atoms with Gasteiger partial charge in [-0.1, -0.05) is 0 Å². The molecule has 0 spiro atoms. The maximum absolute atomic E-state index is 12.1. The smallest absolute Gasteiger partial charge is 0.236 e. The van der Waals surface area contributed by atoms with Gasteiger partial charge in [0.1, 0.15) is 10.4 Å². The lowest BCUT2D eigenvalue weighted by Gasteiger charge is -2.18. The molecule has 0 atom stereocenters. The number of carbonyl (C=O) groups is 2. The second-order valence-electron chi connectivity index (χ2n) is 4.82. The number of primary amides is 1. The van der Waals surface area contributed by atoms with E-state index in [1.807, 2.05) is 5.38 Å². The van der Waals surface area contributed by atoms with Crippen molar-refractivity contribution >= 4 is 23.2 Å². The van der Waals surface area contributed by atoms with Crippen LogP contribution in [0.5, 0.6) is 0 Å². The second kappa shape index (κ2) is 3.29. The molecule has 3 N–H and O–H groups in total. The molecule has 1 aromatic heterocycles. The van der Waals surface area contributed by atoms with Gasteiger partial charge in [0.15, 0.2) is 0 Å². The lowest BCUT2D eigenvalue weighted by molar-refractivity contribution is -0.136. The first kappa shape index (κ1) is 10.7. The number of hydrogen-bond acceptors (Lipinski definition) is 4. The number of nitrogens with two attached hydrogens (primary N) is 1. The first-order valence-corrected chi connectivity index (χ1v) is 6.50. The highest BCUT2D eigenvalue weighted by Crippen LogP contribution is 2.50. The molecule has 2 aliphatic carbocycles. The zero-order valence-electron chi connectivity index (χ0n) is 9.23. The molecule has 3 rings (SSSR count). The minimum atomic E-state index is -0.938. The topological polar surface area (TPSA) is 85.1 Å². The summed E-state index contributed by atoms with van der Waals surface area (Å²) in [4.78, 5) is 27.6. The first-order valence-electron chi connectivity index (χ1n) is 5.62. The van der Waals surface area contributed by atoms with Crippen molar-refractivity contribution in [1.29, 1.82) is 0 Å². The molecule has 90 valence electrons. The van der Waals surface area contributed by atoms with Gasteiger partial charge in [0.25, 0.3) is 0 Å². The van der Waals surface area contributed by atoms with Gasteiger partial charge in [0.05, 0.1) is 5.54 Å². The third-order valence-corrected chi connectivity index (χ3v) is 4.58. The Morgan fingerprint density at radius 3 is 2.47 bits per heavy atom. The predicted octanol–water partition coefficient (Wildman–Crippen LogP) is 0.514. The SMILES string of the molecule is NC(=O)C1(C(=O)NC2(c3nccs3)CC2)CC1. The maximum atomic E-state index is 12.1. The average molecular weight is 251 g/mol. The van der Waals surface area contributed by atoms with Crippen molar-refractivity contribution in [1.82, 2.24) is 10.3 Å². The van der Waals surface area contributed by atoms with E-state index < -0.39 is 11.3 Å². The van der Waals surface area contributed by atoms with E-state index >= 15 is 0 Å². The van der Waals surface area contributed by atoms with Crippen molar-refractivity contribution in [3.8, 4) is 0 Å². The molecule has 1 heterocycles. The zero-order valence-corrected chi connectivity index (χ0v) is 10.0. The van der Waals surface area contributed by atoms with Crippen LogP contribution in [-0.2, 0) is 15.1 Å². The standard InChI is InChI=1S/C11H13N3O2S/c12-7(15)10(1-2-10)8(16)14-11(3-4-11)9-13-5-6-17-9/h5-6H,1-4H2,(H2,12,15)(H,14,16). The minimum Gasteiger partial charge on any atom is -0.369 e. The fourth-order valence-corrected chi connectivity index (χ4v) is 2.88. The molecule has 2 aliphatic rings. The highest BCUT2D eigenvalue weighted by molar-refractivity contribution is 7.09. The Balaban J connectivity index is 1.77. The molecule has 2 saturated carbocycles. The normalized spacial score (nSPS) is 22.8. The van der Waals surface area contributed by atoms with Crippen molar-refractivity contribution in [3.05, 3.63) is 16.6 Å². The van der Waals surface area contributed by atoms with E-state index in [2.05, 4.69) is 10.3 Å². The zero-order chi connectivity index (χ0) is 12.1. The summed E-state index contributed by atoms with van der Waals surface area (Å²) in [5, 5.41) is 5.78.